The topological polar surface area (TPSA) is 45.1 Å². The van der Waals surface area contributed by atoms with Crippen molar-refractivity contribution < 1.29 is 5.11 Å². The zero-order valence-corrected chi connectivity index (χ0v) is 12.9. The normalized spacial score (nSPS) is 14.7. The van der Waals surface area contributed by atoms with Crippen molar-refractivity contribution in [3.05, 3.63) is 41.0 Å². The maximum Gasteiger partial charge on any atom is 0.0766 e. The fraction of sp³-hybridized carbons (Fsp3) is 0.438. The Bertz CT molecular complexity index is 596. The first-order valence-corrected chi connectivity index (χ1v) is 7.24. The van der Waals surface area contributed by atoms with E-state index in [9.17, 15) is 5.11 Å². The molecule has 0 saturated carbocycles. The molecular formula is C16H21ClN2O. The summed E-state index contributed by atoms with van der Waals surface area (Å²) in [6.45, 7) is 7.04. The number of aliphatic hydroxyl groups is 1. The van der Waals surface area contributed by atoms with E-state index in [0.29, 0.717) is 18.1 Å². The smallest absolute Gasteiger partial charge is 0.0766 e. The van der Waals surface area contributed by atoms with E-state index < -0.39 is 5.60 Å². The average Bonchev–Trinajstić information content (AvgIpc) is 2.38. The van der Waals surface area contributed by atoms with E-state index in [1.165, 1.54) is 0 Å². The van der Waals surface area contributed by atoms with E-state index in [0.717, 1.165) is 16.5 Å². The van der Waals surface area contributed by atoms with E-state index in [1.807, 2.05) is 45.0 Å². The molecule has 0 amide bonds. The lowest BCUT2D eigenvalue weighted by atomic mass is 9.92. The van der Waals surface area contributed by atoms with Gasteiger partial charge in [-0.15, -0.1) is 0 Å². The van der Waals surface area contributed by atoms with Gasteiger partial charge in [-0.05, 0) is 36.6 Å². The van der Waals surface area contributed by atoms with E-state index in [2.05, 4.69) is 10.3 Å². The number of rotatable bonds is 5. The van der Waals surface area contributed by atoms with Crippen molar-refractivity contribution in [1.29, 1.82) is 0 Å². The van der Waals surface area contributed by atoms with Crippen molar-refractivity contribution in [3.8, 4) is 0 Å². The highest BCUT2D eigenvalue weighted by atomic mass is 35.5. The summed E-state index contributed by atoms with van der Waals surface area (Å²) < 4.78 is 0. The monoisotopic (exact) mass is 292 g/mol. The predicted molar refractivity (Wildman–Crippen MR) is 83.9 cm³/mol. The fourth-order valence-corrected chi connectivity index (χ4v) is 2.27. The average molecular weight is 293 g/mol. The molecule has 0 fully saturated rings. The molecule has 0 aliphatic heterocycles. The van der Waals surface area contributed by atoms with Crippen LogP contribution < -0.4 is 5.32 Å². The number of aromatic nitrogens is 1. The summed E-state index contributed by atoms with van der Waals surface area (Å²) >= 11 is 6.14. The first-order chi connectivity index (χ1) is 9.40. The van der Waals surface area contributed by atoms with E-state index in [1.54, 1.807) is 6.20 Å². The molecule has 1 heterocycles. The second-order valence-corrected chi connectivity index (χ2v) is 6.19. The molecule has 0 radical (unpaired) electrons. The lowest BCUT2D eigenvalue weighted by Crippen LogP contribution is -2.41. The van der Waals surface area contributed by atoms with Crippen molar-refractivity contribution >= 4 is 22.5 Å². The molecule has 1 aromatic heterocycles. The van der Waals surface area contributed by atoms with Gasteiger partial charge in [0.2, 0.25) is 0 Å². The zero-order chi connectivity index (χ0) is 14.8. The molecule has 3 nitrogen and oxygen atoms in total. The number of halogens is 1. The second-order valence-electron chi connectivity index (χ2n) is 5.76. The minimum absolute atomic E-state index is 0.198. The Kier molecular flexibility index (Phi) is 4.63. The number of benzene rings is 1. The third kappa shape index (κ3) is 3.48. The van der Waals surface area contributed by atoms with Gasteiger partial charge in [0.1, 0.15) is 0 Å². The molecule has 0 aliphatic carbocycles. The van der Waals surface area contributed by atoms with Crippen LogP contribution in [0.3, 0.4) is 0 Å². The zero-order valence-electron chi connectivity index (χ0n) is 12.2. The predicted octanol–water partition coefficient (Wildman–Crippen LogP) is 3.38. The quantitative estimate of drug-likeness (QED) is 0.888. The molecule has 1 aromatic carbocycles. The van der Waals surface area contributed by atoms with Crippen LogP contribution in [0.2, 0.25) is 5.02 Å². The SMILES string of the molecule is CC(C)C(C)(O)CNCc1cc(Cl)cc2cccnc12. The molecule has 1 unspecified atom stereocenters. The van der Waals surface area contributed by atoms with Gasteiger partial charge >= 0.3 is 0 Å². The molecule has 0 aliphatic rings. The van der Waals surface area contributed by atoms with Crippen LogP contribution in [0.15, 0.2) is 30.5 Å². The van der Waals surface area contributed by atoms with Gasteiger partial charge in [0, 0.05) is 29.7 Å². The van der Waals surface area contributed by atoms with Crippen LogP contribution in [0.25, 0.3) is 10.9 Å². The summed E-state index contributed by atoms with van der Waals surface area (Å²) in [5.41, 5.74) is 1.28. The summed E-state index contributed by atoms with van der Waals surface area (Å²) in [6, 6.07) is 7.74. The van der Waals surface area contributed by atoms with Crippen LogP contribution in [0.1, 0.15) is 26.3 Å². The van der Waals surface area contributed by atoms with E-state index in [-0.39, 0.29) is 5.92 Å². The van der Waals surface area contributed by atoms with E-state index in [4.69, 9.17) is 11.6 Å². The first-order valence-electron chi connectivity index (χ1n) is 6.86. The summed E-state index contributed by atoms with van der Waals surface area (Å²) in [5, 5.41) is 15.3. The Hall–Kier alpha value is -1.16. The maximum absolute atomic E-state index is 10.2. The van der Waals surface area contributed by atoms with Gasteiger partial charge in [0.15, 0.2) is 0 Å². The van der Waals surface area contributed by atoms with Crippen molar-refractivity contribution in [3.63, 3.8) is 0 Å². The third-order valence-corrected chi connectivity index (χ3v) is 4.01. The number of nitrogens with zero attached hydrogens (tertiary/aromatic N) is 1. The molecule has 0 spiro atoms. The second kappa shape index (κ2) is 6.08. The van der Waals surface area contributed by atoms with Crippen LogP contribution >= 0.6 is 11.6 Å². The largest absolute Gasteiger partial charge is 0.389 e. The highest BCUT2D eigenvalue weighted by Gasteiger charge is 2.24. The Labute approximate surface area is 125 Å². The molecule has 2 aromatic rings. The Morgan fingerprint density at radius 3 is 2.85 bits per heavy atom. The Morgan fingerprint density at radius 1 is 1.40 bits per heavy atom. The number of fused-ring (bicyclic) bond motifs is 1. The highest BCUT2D eigenvalue weighted by molar-refractivity contribution is 6.31. The molecule has 0 saturated heterocycles. The molecule has 108 valence electrons. The van der Waals surface area contributed by atoms with Crippen molar-refractivity contribution in [2.24, 2.45) is 5.92 Å². The summed E-state index contributed by atoms with van der Waals surface area (Å²) in [6.07, 6.45) is 1.78. The number of hydrogen-bond acceptors (Lipinski definition) is 3. The van der Waals surface area contributed by atoms with Gasteiger partial charge in [-0.3, -0.25) is 4.98 Å². The fourth-order valence-electron chi connectivity index (χ4n) is 2.02. The van der Waals surface area contributed by atoms with Gasteiger partial charge < -0.3 is 10.4 Å². The molecule has 2 rings (SSSR count). The standard InChI is InChI=1S/C16H21ClN2O/c1-11(2)16(3,20)10-18-9-13-8-14(17)7-12-5-4-6-19-15(12)13/h4-8,11,18,20H,9-10H2,1-3H3. The minimum Gasteiger partial charge on any atom is -0.389 e. The number of pyridine rings is 1. The molecule has 2 N–H and O–H groups in total. The Morgan fingerprint density at radius 2 is 2.15 bits per heavy atom. The molecular weight excluding hydrogens is 272 g/mol. The summed E-state index contributed by atoms with van der Waals surface area (Å²) in [4.78, 5) is 4.41. The summed E-state index contributed by atoms with van der Waals surface area (Å²) in [7, 11) is 0. The van der Waals surface area contributed by atoms with E-state index >= 15 is 0 Å². The van der Waals surface area contributed by atoms with Crippen LogP contribution in [-0.4, -0.2) is 22.2 Å². The van der Waals surface area contributed by atoms with Crippen LogP contribution in [0, 0.1) is 5.92 Å². The van der Waals surface area contributed by atoms with Crippen molar-refractivity contribution in [1.82, 2.24) is 10.3 Å². The molecule has 0 bridgehead atoms. The third-order valence-electron chi connectivity index (χ3n) is 3.79. The lowest BCUT2D eigenvalue weighted by Gasteiger charge is -2.28. The minimum atomic E-state index is -0.720. The van der Waals surface area contributed by atoms with Crippen LogP contribution in [-0.2, 0) is 6.54 Å². The van der Waals surface area contributed by atoms with Crippen LogP contribution in [0.4, 0.5) is 0 Å². The first kappa shape index (κ1) is 15.2. The highest BCUT2D eigenvalue weighted by Crippen LogP contribution is 2.22. The van der Waals surface area contributed by atoms with Crippen molar-refractivity contribution in [2.45, 2.75) is 32.9 Å². The Balaban J connectivity index is 2.14. The van der Waals surface area contributed by atoms with Crippen LogP contribution in [0.5, 0.6) is 0 Å². The summed E-state index contributed by atoms with van der Waals surface area (Å²) in [5.74, 6) is 0.198. The number of nitrogens with one attached hydrogen (secondary N) is 1. The van der Waals surface area contributed by atoms with Gasteiger partial charge in [-0.2, -0.15) is 0 Å². The lowest BCUT2D eigenvalue weighted by molar-refractivity contribution is 0.0140. The van der Waals surface area contributed by atoms with Crippen molar-refractivity contribution in [2.75, 3.05) is 6.54 Å². The van der Waals surface area contributed by atoms with Gasteiger partial charge in [0.05, 0.1) is 11.1 Å². The van der Waals surface area contributed by atoms with Gasteiger partial charge in [-0.25, -0.2) is 0 Å². The molecule has 20 heavy (non-hydrogen) atoms. The van der Waals surface area contributed by atoms with Gasteiger partial charge in [0.25, 0.3) is 0 Å². The molecule has 4 heteroatoms. The molecule has 1 atom stereocenters. The number of hydrogen-bond donors (Lipinski definition) is 2. The maximum atomic E-state index is 10.2. The van der Waals surface area contributed by atoms with Gasteiger partial charge in [-0.1, -0.05) is 31.5 Å².